The Morgan fingerprint density at radius 3 is 2.42 bits per heavy atom. The molecule has 0 saturated heterocycles. The van der Waals surface area contributed by atoms with Crippen LogP contribution in [0.1, 0.15) is 26.3 Å². The van der Waals surface area contributed by atoms with Crippen molar-refractivity contribution in [3.63, 3.8) is 0 Å². The molecule has 4 rings (SSSR count). The number of hydrogen-bond donors (Lipinski definition) is 2. The van der Waals surface area contributed by atoms with Crippen LogP contribution in [0.25, 0.3) is 10.8 Å². The summed E-state index contributed by atoms with van der Waals surface area (Å²) in [5.74, 6) is -0.380. The largest absolute Gasteiger partial charge is 0.497 e. The number of benzene rings is 4. The summed E-state index contributed by atoms with van der Waals surface area (Å²) in [6.07, 6.45) is 1.41. The van der Waals surface area contributed by atoms with Crippen LogP contribution in [-0.4, -0.2) is 37.7 Å². The zero-order chi connectivity index (χ0) is 25.3. The lowest BCUT2D eigenvalue weighted by Gasteiger charge is -2.07. The van der Waals surface area contributed by atoms with Gasteiger partial charge in [0.05, 0.1) is 25.4 Å². The maximum absolute atomic E-state index is 12.5. The fourth-order valence-electron chi connectivity index (χ4n) is 3.45. The molecule has 0 spiro atoms. The number of nitrogens with one attached hydrogen (secondary N) is 2. The average Bonchev–Trinajstić information content (AvgIpc) is 2.91. The summed E-state index contributed by atoms with van der Waals surface area (Å²) in [7, 11) is 1.55. The molecule has 0 bridgehead atoms. The highest BCUT2D eigenvalue weighted by molar-refractivity contribution is 6.07. The number of rotatable bonds is 8. The fraction of sp³-hybridized carbons (Fsp3) is 0.0714. The first-order valence-electron chi connectivity index (χ1n) is 11.1. The van der Waals surface area contributed by atoms with Crippen molar-refractivity contribution in [3.05, 3.63) is 108 Å². The third kappa shape index (κ3) is 6.12. The van der Waals surface area contributed by atoms with Crippen LogP contribution >= 0.6 is 0 Å². The van der Waals surface area contributed by atoms with E-state index in [9.17, 15) is 14.4 Å². The van der Waals surface area contributed by atoms with Crippen molar-refractivity contribution < 1.29 is 23.9 Å². The number of fused-ring (bicyclic) bond motifs is 1. The number of hydrazone groups is 1. The third-order valence-electron chi connectivity index (χ3n) is 5.24. The fourth-order valence-corrected chi connectivity index (χ4v) is 3.45. The highest BCUT2D eigenvalue weighted by Crippen LogP contribution is 2.18. The molecular formula is C28H23N3O5. The minimum atomic E-state index is -0.512. The standard InChI is InChI=1S/C28H23N3O5/c1-35-22-14-12-21(13-15-22)28(34)36-23-9-4-6-19(16-23)17-30-31-26(32)18-29-27(33)25-11-5-8-20-7-2-3-10-24(20)25/h2-17H,18H2,1H3,(H,29,33)(H,31,32)/b30-17+. The smallest absolute Gasteiger partial charge is 0.343 e. The molecule has 2 amide bonds. The number of carbonyl (C=O) groups is 3. The van der Waals surface area contributed by atoms with Gasteiger partial charge in [-0.3, -0.25) is 9.59 Å². The predicted molar refractivity (Wildman–Crippen MR) is 136 cm³/mol. The number of carbonyl (C=O) groups excluding carboxylic acids is 3. The summed E-state index contributed by atoms with van der Waals surface area (Å²) < 4.78 is 10.5. The molecule has 0 radical (unpaired) electrons. The van der Waals surface area contributed by atoms with Crippen molar-refractivity contribution in [2.75, 3.05) is 13.7 Å². The highest BCUT2D eigenvalue weighted by atomic mass is 16.5. The van der Waals surface area contributed by atoms with E-state index in [0.29, 0.717) is 28.2 Å². The molecule has 4 aromatic rings. The minimum Gasteiger partial charge on any atom is -0.497 e. The number of amides is 2. The molecule has 0 heterocycles. The topological polar surface area (TPSA) is 106 Å². The molecule has 8 nitrogen and oxygen atoms in total. The van der Waals surface area contributed by atoms with E-state index < -0.39 is 11.9 Å². The van der Waals surface area contributed by atoms with E-state index >= 15 is 0 Å². The summed E-state index contributed by atoms with van der Waals surface area (Å²) in [6.45, 7) is -0.237. The van der Waals surface area contributed by atoms with Gasteiger partial charge in [0, 0.05) is 5.56 Å². The summed E-state index contributed by atoms with van der Waals surface area (Å²) >= 11 is 0. The first kappa shape index (κ1) is 24.2. The monoisotopic (exact) mass is 481 g/mol. The van der Waals surface area contributed by atoms with Crippen LogP contribution in [0.15, 0.2) is 96.1 Å². The second-order valence-electron chi connectivity index (χ2n) is 7.69. The Bertz CT molecular complexity index is 1430. The van der Waals surface area contributed by atoms with Gasteiger partial charge in [0.1, 0.15) is 11.5 Å². The van der Waals surface area contributed by atoms with Gasteiger partial charge in [-0.25, -0.2) is 10.2 Å². The van der Waals surface area contributed by atoms with E-state index in [0.717, 1.165) is 10.8 Å². The van der Waals surface area contributed by atoms with Crippen molar-refractivity contribution >= 4 is 34.8 Å². The summed E-state index contributed by atoms with van der Waals surface area (Å²) in [6, 6.07) is 26.2. The number of hydrogen-bond acceptors (Lipinski definition) is 6. The molecule has 2 N–H and O–H groups in total. The van der Waals surface area contributed by atoms with Gasteiger partial charge in [-0.05, 0) is 58.8 Å². The van der Waals surface area contributed by atoms with E-state index in [1.807, 2.05) is 30.3 Å². The number of ether oxygens (including phenoxy) is 2. The van der Waals surface area contributed by atoms with Gasteiger partial charge in [0.2, 0.25) is 0 Å². The molecule has 0 saturated carbocycles. The molecule has 0 aromatic heterocycles. The van der Waals surface area contributed by atoms with Crippen molar-refractivity contribution in [1.82, 2.24) is 10.7 Å². The molecule has 4 aromatic carbocycles. The Morgan fingerprint density at radius 2 is 1.61 bits per heavy atom. The van der Waals surface area contributed by atoms with E-state index in [1.54, 1.807) is 67.8 Å². The van der Waals surface area contributed by atoms with E-state index in [4.69, 9.17) is 9.47 Å². The summed E-state index contributed by atoms with van der Waals surface area (Å²) in [5, 5.41) is 8.26. The van der Waals surface area contributed by atoms with Gasteiger partial charge < -0.3 is 14.8 Å². The van der Waals surface area contributed by atoms with E-state index in [1.165, 1.54) is 6.21 Å². The first-order chi connectivity index (χ1) is 17.5. The van der Waals surface area contributed by atoms with Gasteiger partial charge in [0.25, 0.3) is 11.8 Å². The van der Waals surface area contributed by atoms with Gasteiger partial charge >= 0.3 is 5.97 Å². The van der Waals surface area contributed by atoms with Gasteiger partial charge in [-0.15, -0.1) is 0 Å². The Balaban J connectivity index is 1.29. The van der Waals surface area contributed by atoms with Crippen LogP contribution in [0.4, 0.5) is 0 Å². The number of esters is 1. The van der Waals surface area contributed by atoms with Gasteiger partial charge in [0.15, 0.2) is 0 Å². The third-order valence-corrected chi connectivity index (χ3v) is 5.24. The Labute approximate surface area is 207 Å². The molecule has 8 heteroatoms. The predicted octanol–water partition coefficient (Wildman–Crippen LogP) is 3.95. The molecule has 36 heavy (non-hydrogen) atoms. The maximum atomic E-state index is 12.5. The normalized spacial score (nSPS) is 10.7. The maximum Gasteiger partial charge on any atom is 0.343 e. The van der Waals surface area contributed by atoms with Crippen LogP contribution in [0.2, 0.25) is 0 Å². The SMILES string of the molecule is COc1ccc(C(=O)Oc2cccc(/C=N/NC(=O)CNC(=O)c3cccc4ccccc34)c2)cc1. The minimum absolute atomic E-state index is 0.237. The lowest BCUT2D eigenvalue weighted by molar-refractivity contribution is -0.120. The molecule has 0 fully saturated rings. The van der Waals surface area contributed by atoms with E-state index in [-0.39, 0.29) is 12.5 Å². The molecule has 0 aliphatic carbocycles. The molecule has 0 aliphatic rings. The van der Waals surface area contributed by atoms with Crippen molar-refractivity contribution in [1.29, 1.82) is 0 Å². The zero-order valence-corrected chi connectivity index (χ0v) is 19.4. The Hall–Kier alpha value is -4.98. The lowest BCUT2D eigenvalue weighted by Crippen LogP contribution is -2.35. The van der Waals surface area contributed by atoms with Gasteiger partial charge in [-0.2, -0.15) is 5.10 Å². The molecule has 0 aliphatic heterocycles. The molecule has 180 valence electrons. The number of methoxy groups -OCH3 is 1. The average molecular weight is 482 g/mol. The van der Waals surface area contributed by atoms with Crippen molar-refractivity contribution in [2.24, 2.45) is 5.10 Å². The molecule has 0 atom stereocenters. The Morgan fingerprint density at radius 1 is 0.861 bits per heavy atom. The van der Waals surface area contributed by atoms with Crippen LogP contribution in [0.3, 0.4) is 0 Å². The van der Waals surface area contributed by atoms with Crippen LogP contribution in [-0.2, 0) is 4.79 Å². The second kappa shape index (κ2) is 11.4. The van der Waals surface area contributed by atoms with Crippen molar-refractivity contribution in [3.8, 4) is 11.5 Å². The van der Waals surface area contributed by atoms with Crippen LogP contribution in [0.5, 0.6) is 11.5 Å². The van der Waals surface area contributed by atoms with Gasteiger partial charge in [-0.1, -0.05) is 48.5 Å². The highest BCUT2D eigenvalue weighted by Gasteiger charge is 2.11. The van der Waals surface area contributed by atoms with E-state index in [2.05, 4.69) is 15.8 Å². The van der Waals surface area contributed by atoms with Crippen LogP contribution < -0.4 is 20.2 Å². The Kier molecular flexibility index (Phi) is 7.67. The quantitative estimate of drug-likeness (QED) is 0.172. The first-order valence-corrected chi connectivity index (χ1v) is 11.1. The van der Waals surface area contributed by atoms with Crippen molar-refractivity contribution in [2.45, 2.75) is 0 Å². The molecule has 0 unspecified atom stereocenters. The van der Waals surface area contributed by atoms with Crippen LogP contribution in [0, 0.1) is 0 Å². The zero-order valence-electron chi connectivity index (χ0n) is 19.4. The molecular weight excluding hydrogens is 458 g/mol. The lowest BCUT2D eigenvalue weighted by atomic mass is 10.0. The summed E-state index contributed by atoms with van der Waals surface area (Å²) in [4.78, 5) is 37.0. The second-order valence-corrected chi connectivity index (χ2v) is 7.69. The number of nitrogens with zero attached hydrogens (tertiary/aromatic N) is 1. The summed E-state index contributed by atoms with van der Waals surface area (Å²) in [5.41, 5.74) is 3.85.